The number of benzene rings is 1. The summed E-state index contributed by atoms with van der Waals surface area (Å²) in [6, 6.07) is 10.5. The maximum Gasteiger partial charge on any atom is 0.251 e. The molecule has 2 N–H and O–H groups in total. The fourth-order valence-corrected chi connectivity index (χ4v) is 2.05. The molecule has 0 bridgehead atoms. The summed E-state index contributed by atoms with van der Waals surface area (Å²) in [6.07, 6.45) is 3.61. The summed E-state index contributed by atoms with van der Waals surface area (Å²) in [5.41, 5.74) is 1.80. The molecule has 1 aromatic heterocycles. The minimum atomic E-state index is -0.521. The molecular weight excluding hydrogens is 254 g/mol. The second-order valence-electron chi connectivity index (χ2n) is 4.67. The van der Waals surface area contributed by atoms with Gasteiger partial charge in [-0.05, 0) is 36.2 Å². The van der Waals surface area contributed by atoms with Crippen molar-refractivity contribution >= 4 is 5.91 Å². The molecule has 0 aliphatic rings. The number of hydrogen-bond acceptors (Lipinski definition) is 3. The third kappa shape index (κ3) is 3.48. The Balaban J connectivity index is 2.03. The third-order valence-corrected chi connectivity index (χ3v) is 3.13. The van der Waals surface area contributed by atoms with E-state index in [4.69, 9.17) is 4.42 Å². The van der Waals surface area contributed by atoms with Gasteiger partial charge in [-0.25, -0.2) is 0 Å². The van der Waals surface area contributed by atoms with Gasteiger partial charge < -0.3 is 14.8 Å². The first-order valence-corrected chi connectivity index (χ1v) is 6.78. The number of carbonyl (C=O) groups excluding carboxylic acids is 1. The Kier molecular flexibility index (Phi) is 4.96. The van der Waals surface area contributed by atoms with Crippen LogP contribution in [0.1, 0.15) is 41.1 Å². The predicted molar refractivity (Wildman–Crippen MR) is 76.4 cm³/mol. The minimum Gasteiger partial charge on any atom is -0.467 e. The molecule has 1 amide bonds. The topological polar surface area (TPSA) is 62.5 Å². The zero-order valence-corrected chi connectivity index (χ0v) is 11.5. The van der Waals surface area contributed by atoms with Crippen molar-refractivity contribution in [2.24, 2.45) is 0 Å². The average molecular weight is 273 g/mol. The van der Waals surface area contributed by atoms with Gasteiger partial charge in [-0.3, -0.25) is 4.79 Å². The van der Waals surface area contributed by atoms with Gasteiger partial charge in [0.25, 0.3) is 5.91 Å². The second kappa shape index (κ2) is 6.91. The van der Waals surface area contributed by atoms with Crippen LogP contribution >= 0.6 is 0 Å². The van der Waals surface area contributed by atoms with Crippen LogP contribution in [0.5, 0.6) is 0 Å². The molecule has 106 valence electrons. The van der Waals surface area contributed by atoms with Crippen LogP contribution in [-0.2, 0) is 6.42 Å². The second-order valence-corrected chi connectivity index (χ2v) is 4.67. The van der Waals surface area contributed by atoms with Gasteiger partial charge in [0.2, 0.25) is 0 Å². The lowest BCUT2D eigenvalue weighted by Gasteiger charge is -2.14. The van der Waals surface area contributed by atoms with E-state index in [9.17, 15) is 9.90 Å². The van der Waals surface area contributed by atoms with Crippen molar-refractivity contribution in [2.75, 3.05) is 6.61 Å². The van der Waals surface area contributed by atoms with Crippen LogP contribution in [0.25, 0.3) is 0 Å². The SMILES string of the molecule is CCCc1ccc(C(=O)NC(CO)c2ccco2)cc1. The van der Waals surface area contributed by atoms with Crippen LogP contribution in [0.3, 0.4) is 0 Å². The van der Waals surface area contributed by atoms with Crippen LogP contribution in [0.4, 0.5) is 0 Å². The van der Waals surface area contributed by atoms with Gasteiger partial charge in [0.05, 0.1) is 12.9 Å². The molecular formula is C16H19NO3. The first-order chi connectivity index (χ1) is 9.74. The predicted octanol–water partition coefficient (Wildman–Crippen LogP) is 2.70. The van der Waals surface area contributed by atoms with Crippen LogP contribution < -0.4 is 5.32 Å². The largest absolute Gasteiger partial charge is 0.467 e. The van der Waals surface area contributed by atoms with Crippen molar-refractivity contribution in [1.82, 2.24) is 5.32 Å². The fourth-order valence-electron chi connectivity index (χ4n) is 2.05. The number of amides is 1. The zero-order valence-electron chi connectivity index (χ0n) is 11.5. The molecule has 1 heterocycles. The average Bonchev–Trinajstić information content (AvgIpc) is 2.99. The van der Waals surface area contributed by atoms with Crippen LogP contribution in [0.2, 0.25) is 0 Å². The molecule has 0 spiro atoms. The number of nitrogens with one attached hydrogen (secondary N) is 1. The highest BCUT2D eigenvalue weighted by molar-refractivity contribution is 5.94. The van der Waals surface area contributed by atoms with E-state index in [0.29, 0.717) is 11.3 Å². The Bertz CT molecular complexity index is 531. The van der Waals surface area contributed by atoms with Gasteiger partial charge in [0.1, 0.15) is 11.8 Å². The van der Waals surface area contributed by atoms with Crippen molar-refractivity contribution in [1.29, 1.82) is 0 Å². The highest BCUT2D eigenvalue weighted by atomic mass is 16.3. The first-order valence-electron chi connectivity index (χ1n) is 6.78. The summed E-state index contributed by atoms with van der Waals surface area (Å²) >= 11 is 0. The molecule has 4 heteroatoms. The number of aliphatic hydroxyl groups excluding tert-OH is 1. The summed E-state index contributed by atoms with van der Waals surface area (Å²) in [4.78, 5) is 12.1. The van der Waals surface area contributed by atoms with Crippen molar-refractivity contribution in [3.05, 3.63) is 59.5 Å². The van der Waals surface area contributed by atoms with Crippen molar-refractivity contribution < 1.29 is 14.3 Å². The van der Waals surface area contributed by atoms with E-state index < -0.39 is 6.04 Å². The molecule has 0 radical (unpaired) electrons. The lowest BCUT2D eigenvalue weighted by molar-refractivity contribution is 0.0907. The molecule has 0 aliphatic carbocycles. The van der Waals surface area contributed by atoms with Gasteiger partial charge >= 0.3 is 0 Å². The van der Waals surface area contributed by atoms with Gasteiger partial charge in [-0.2, -0.15) is 0 Å². The van der Waals surface area contributed by atoms with E-state index in [1.807, 2.05) is 12.1 Å². The van der Waals surface area contributed by atoms with E-state index in [0.717, 1.165) is 12.8 Å². The maximum atomic E-state index is 12.1. The molecule has 0 fully saturated rings. The van der Waals surface area contributed by atoms with Crippen molar-refractivity contribution in [3.63, 3.8) is 0 Å². The van der Waals surface area contributed by atoms with E-state index in [1.54, 1.807) is 24.3 Å². The van der Waals surface area contributed by atoms with Crippen molar-refractivity contribution in [2.45, 2.75) is 25.8 Å². The molecule has 2 rings (SSSR count). The van der Waals surface area contributed by atoms with Crippen LogP contribution in [0, 0.1) is 0 Å². The zero-order chi connectivity index (χ0) is 14.4. The Morgan fingerprint density at radius 1 is 1.30 bits per heavy atom. The summed E-state index contributed by atoms with van der Waals surface area (Å²) < 4.78 is 5.20. The van der Waals surface area contributed by atoms with Gasteiger partial charge in [-0.15, -0.1) is 0 Å². The van der Waals surface area contributed by atoms with E-state index in [2.05, 4.69) is 12.2 Å². The molecule has 20 heavy (non-hydrogen) atoms. The molecule has 1 unspecified atom stereocenters. The van der Waals surface area contributed by atoms with Gasteiger partial charge in [-0.1, -0.05) is 25.5 Å². The van der Waals surface area contributed by atoms with E-state index >= 15 is 0 Å². The summed E-state index contributed by atoms with van der Waals surface area (Å²) in [7, 11) is 0. The fraction of sp³-hybridized carbons (Fsp3) is 0.312. The quantitative estimate of drug-likeness (QED) is 0.850. The molecule has 1 aromatic carbocycles. The van der Waals surface area contributed by atoms with E-state index in [-0.39, 0.29) is 12.5 Å². The first kappa shape index (κ1) is 14.3. The Morgan fingerprint density at radius 2 is 2.05 bits per heavy atom. The minimum absolute atomic E-state index is 0.201. The smallest absolute Gasteiger partial charge is 0.251 e. The lowest BCUT2D eigenvalue weighted by atomic mass is 10.1. The maximum absolute atomic E-state index is 12.1. The number of aliphatic hydroxyl groups is 1. The Morgan fingerprint density at radius 3 is 2.60 bits per heavy atom. The molecule has 1 atom stereocenters. The molecule has 2 aromatic rings. The van der Waals surface area contributed by atoms with Crippen molar-refractivity contribution in [3.8, 4) is 0 Å². The molecule has 0 saturated carbocycles. The number of hydrogen-bond donors (Lipinski definition) is 2. The Hall–Kier alpha value is -2.07. The number of carbonyl (C=O) groups is 1. The normalized spacial score (nSPS) is 12.1. The monoisotopic (exact) mass is 273 g/mol. The highest BCUT2D eigenvalue weighted by Crippen LogP contribution is 2.14. The summed E-state index contributed by atoms with van der Waals surface area (Å²) in [5.74, 6) is 0.326. The number of aryl methyl sites for hydroxylation is 1. The number of furan rings is 1. The van der Waals surface area contributed by atoms with Crippen LogP contribution in [-0.4, -0.2) is 17.6 Å². The van der Waals surface area contributed by atoms with E-state index in [1.165, 1.54) is 11.8 Å². The number of rotatable bonds is 6. The standard InChI is InChI=1S/C16H19NO3/c1-2-4-12-6-8-13(9-7-12)16(19)17-14(11-18)15-5-3-10-20-15/h3,5-10,14,18H,2,4,11H2,1H3,(H,17,19). The summed E-state index contributed by atoms with van der Waals surface area (Å²) in [5, 5.41) is 12.1. The Labute approximate surface area is 118 Å². The van der Waals surface area contributed by atoms with Gasteiger partial charge in [0, 0.05) is 5.56 Å². The molecule has 0 aliphatic heterocycles. The summed E-state index contributed by atoms with van der Waals surface area (Å²) in [6.45, 7) is 1.92. The molecule has 0 saturated heterocycles. The molecule has 4 nitrogen and oxygen atoms in total. The third-order valence-electron chi connectivity index (χ3n) is 3.13. The van der Waals surface area contributed by atoms with Crippen LogP contribution in [0.15, 0.2) is 47.1 Å². The highest BCUT2D eigenvalue weighted by Gasteiger charge is 2.16. The van der Waals surface area contributed by atoms with Gasteiger partial charge in [0.15, 0.2) is 0 Å². The lowest BCUT2D eigenvalue weighted by Crippen LogP contribution is -2.30.